The summed E-state index contributed by atoms with van der Waals surface area (Å²) in [7, 11) is 0. The van der Waals surface area contributed by atoms with E-state index < -0.39 is 17.6 Å². The van der Waals surface area contributed by atoms with Gasteiger partial charge < -0.3 is 10.6 Å². The number of carbonyl (C=O) groups is 2. The first-order valence-electron chi connectivity index (χ1n) is 8.35. The molecule has 0 saturated heterocycles. The number of hydrogen-bond donors (Lipinski definition) is 2. The van der Waals surface area contributed by atoms with Crippen molar-refractivity contribution < 1.29 is 14.0 Å². The van der Waals surface area contributed by atoms with Gasteiger partial charge in [-0.3, -0.25) is 9.59 Å². The quantitative estimate of drug-likeness (QED) is 0.724. The van der Waals surface area contributed by atoms with Crippen molar-refractivity contribution in [3.05, 3.63) is 89.0 Å². The lowest BCUT2D eigenvalue weighted by atomic mass is 10.1. The van der Waals surface area contributed by atoms with Crippen LogP contribution in [0.1, 0.15) is 32.1 Å². The van der Waals surface area contributed by atoms with Crippen molar-refractivity contribution in [2.45, 2.75) is 13.8 Å². The van der Waals surface area contributed by atoms with Crippen LogP contribution < -0.4 is 10.6 Å². The molecule has 136 valence electrons. The molecule has 1 aromatic heterocycles. The minimum Gasteiger partial charge on any atom is -0.321 e. The molecule has 0 aliphatic rings. The molecule has 1 heterocycles. The smallest absolute Gasteiger partial charge is 0.274 e. The van der Waals surface area contributed by atoms with Crippen LogP contribution in [0.2, 0.25) is 0 Å². The Balaban J connectivity index is 1.76. The number of aryl methyl sites for hydroxylation is 2. The van der Waals surface area contributed by atoms with E-state index in [9.17, 15) is 14.0 Å². The van der Waals surface area contributed by atoms with Crippen LogP contribution in [-0.4, -0.2) is 16.8 Å². The summed E-state index contributed by atoms with van der Waals surface area (Å²) in [6.07, 6.45) is 0. The van der Waals surface area contributed by atoms with E-state index in [0.717, 1.165) is 11.1 Å². The second kappa shape index (κ2) is 7.78. The van der Waals surface area contributed by atoms with E-state index in [1.165, 1.54) is 36.4 Å². The first kappa shape index (κ1) is 18.3. The molecular weight excluding hydrogens is 345 g/mol. The van der Waals surface area contributed by atoms with Gasteiger partial charge in [-0.25, -0.2) is 9.37 Å². The van der Waals surface area contributed by atoms with Crippen molar-refractivity contribution in [3.63, 3.8) is 0 Å². The van der Waals surface area contributed by atoms with Gasteiger partial charge in [-0.2, -0.15) is 0 Å². The summed E-state index contributed by atoms with van der Waals surface area (Å²) in [6, 6.07) is 15.8. The van der Waals surface area contributed by atoms with Crippen molar-refractivity contribution >= 4 is 23.2 Å². The standard InChI is InChI=1S/C21H18FN3O2/c1-13-6-7-14(2)19(12-13)25-21(27)18-5-3-4-17(24-18)20(26)23-16-10-8-15(22)9-11-16/h3-12H,1-2H3,(H,23,26)(H,25,27). The number of hydrogen-bond acceptors (Lipinski definition) is 3. The van der Waals surface area contributed by atoms with E-state index in [1.807, 2.05) is 32.0 Å². The van der Waals surface area contributed by atoms with Gasteiger partial charge in [0.15, 0.2) is 0 Å². The van der Waals surface area contributed by atoms with Crippen molar-refractivity contribution in [1.82, 2.24) is 4.98 Å². The van der Waals surface area contributed by atoms with Crippen LogP contribution >= 0.6 is 0 Å². The second-order valence-electron chi connectivity index (χ2n) is 6.14. The van der Waals surface area contributed by atoms with E-state index in [4.69, 9.17) is 0 Å². The molecule has 3 rings (SSSR count). The molecular formula is C21H18FN3O2. The predicted octanol–water partition coefficient (Wildman–Crippen LogP) is 4.34. The second-order valence-corrected chi connectivity index (χ2v) is 6.14. The van der Waals surface area contributed by atoms with Gasteiger partial charge in [0.05, 0.1) is 0 Å². The van der Waals surface area contributed by atoms with E-state index >= 15 is 0 Å². The molecule has 0 fully saturated rings. The van der Waals surface area contributed by atoms with E-state index in [0.29, 0.717) is 11.4 Å². The highest BCUT2D eigenvalue weighted by molar-refractivity contribution is 6.06. The first-order chi connectivity index (χ1) is 12.9. The Kier molecular flexibility index (Phi) is 5.26. The maximum Gasteiger partial charge on any atom is 0.274 e. The Bertz CT molecular complexity index is 1000. The molecule has 27 heavy (non-hydrogen) atoms. The molecule has 5 nitrogen and oxygen atoms in total. The molecule has 2 amide bonds. The Morgan fingerprint density at radius 1 is 0.852 bits per heavy atom. The fourth-order valence-electron chi connectivity index (χ4n) is 2.47. The number of nitrogens with zero attached hydrogens (tertiary/aromatic N) is 1. The normalized spacial score (nSPS) is 10.3. The molecule has 0 aliphatic heterocycles. The number of aromatic nitrogens is 1. The fourth-order valence-corrected chi connectivity index (χ4v) is 2.47. The van der Waals surface area contributed by atoms with Gasteiger partial charge in [-0.1, -0.05) is 18.2 Å². The van der Waals surface area contributed by atoms with Gasteiger partial charge in [-0.05, 0) is 67.4 Å². The van der Waals surface area contributed by atoms with Crippen LogP contribution in [0.4, 0.5) is 15.8 Å². The van der Waals surface area contributed by atoms with Crippen LogP contribution in [0.3, 0.4) is 0 Å². The number of anilines is 2. The molecule has 2 N–H and O–H groups in total. The maximum atomic E-state index is 13.0. The third-order valence-electron chi connectivity index (χ3n) is 3.96. The van der Waals surface area contributed by atoms with Crippen molar-refractivity contribution in [2.24, 2.45) is 0 Å². The summed E-state index contributed by atoms with van der Waals surface area (Å²) in [5.41, 5.74) is 3.31. The molecule has 0 atom stereocenters. The Morgan fingerprint density at radius 3 is 2.15 bits per heavy atom. The summed E-state index contributed by atoms with van der Waals surface area (Å²) < 4.78 is 13.0. The third kappa shape index (κ3) is 4.55. The minimum atomic E-state index is -0.483. The fraction of sp³-hybridized carbons (Fsp3) is 0.0952. The summed E-state index contributed by atoms with van der Waals surface area (Å²) >= 11 is 0. The molecule has 0 bridgehead atoms. The molecule has 0 spiro atoms. The number of pyridine rings is 1. The molecule has 0 aliphatic carbocycles. The topological polar surface area (TPSA) is 71.1 Å². The minimum absolute atomic E-state index is 0.0907. The average Bonchev–Trinajstić information content (AvgIpc) is 2.66. The molecule has 0 saturated carbocycles. The zero-order valence-corrected chi connectivity index (χ0v) is 14.9. The van der Waals surface area contributed by atoms with Gasteiger partial charge in [0.2, 0.25) is 0 Å². The number of amides is 2. The lowest BCUT2D eigenvalue weighted by molar-refractivity contribution is 0.101. The van der Waals surface area contributed by atoms with Gasteiger partial charge >= 0.3 is 0 Å². The first-order valence-corrected chi connectivity index (χ1v) is 8.35. The summed E-state index contributed by atoms with van der Waals surface area (Å²) in [6.45, 7) is 3.84. The number of benzene rings is 2. The highest BCUT2D eigenvalue weighted by Gasteiger charge is 2.14. The molecule has 3 aromatic rings. The lowest BCUT2D eigenvalue weighted by Gasteiger charge is -2.10. The number of nitrogens with one attached hydrogen (secondary N) is 2. The van der Waals surface area contributed by atoms with Crippen molar-refractivity contribution in [2.75, 3.05) is 10.6 Å². The largest absolute Gasteiger partial charge is 0.321 e. The SMILES string of the molecule is Cc1ccc(C)c(NC(=O)c2cccc(C(=O)Nc3ccc(F)cc3)n2)c1. The van der Waals surface area contributed by atoms with Crippen LogP contribution in [0.15, 0.2) is 60.7 Å². The Hall–Kier alpha value is -3.54. The van der Waals surface area contributed by atoms with Gasteiger partial charge in [0.1, 0.15) is 17.2 Å². The van der Waals surface area contributed by atoms with Gasteiger partial charge in [-0.15, -0.1) is 0 Å². The van der Waals surface area contributed by atoms with Crippen molar-refractivity contribution in [1.29, 1.82) is 0 Å². The Morgan fingerprint density at radius 2 is 1.48 bits per heavy atom. The van der Waals surface area contributed by atoms with Crippen LogP contribution in [-0.2, 0) is 0 Å². The lowest BCUT2D eigenvalue weighted by Crippen LogP contribution is -2.18. The number of carbonyl (C=O) groups excluding carboxylic acids is 2. The average molecular weight is 363 g/mol. The van der Waals surface area contributed by atoms with E-state index in [2.05, 4.69) is 15.6 Å². The number of rotatable bonds is 4. The molecule has 0 radical (unpaired) electrons. The van der Waals surface area contributed by atoms with Crippen LogP contribution in [0.5, 0.6) is 0 Å². The van der Waals surface area contributed by atoms with Gasteiger partial charge in [0, 0.05) is 11.4 Å². The Labute approximate surface area is 156 Å². The highest BCUT2D eigenvalue weighted by Crippen LogP contribution is 2.17. The van der Waals surface area contributed by atoms with E-state index in [1.54, 1.807) is 6.07 Å². The zero-order chi connectivity index (χ0) is 19.4. The molecule has 6 heteroatoms. The summed E-state index contributed by atoms with van der Waals surface area (Å²) in [4.78, 5) is 29.0. The summed E-state index contributed by atoms with van der Waals surface area (Å²) in [5, 5.41) is 5.43. The summed E-state index contributed by atoms with van der Waals surface area (Å²) in [5.74, 6) is -1.28. The predicted molar refractivity (Wildman–Crippen MR) is 102 cm³/mol. The monoisotopic (exact) mass is 363 g/mol. The molecule has 2 aromatic carbocycles. The van der Waals surface area contributed by atoms with E-state index in [-0.39, 0.29) is 11.4 Å². The van der Waals surface area contributed by atoms with Crippen molar-refractivity contribution in [3.8, 4) is 0 Å². The third-order valence-corrected chi connectivity index (χ3v) is 3.96. The molecule has 0 unspecified atom stereocenters. The number of halogens is 1. The maximum absolute atomic E-state index is 13.0. The highest BCUT2D eigenvalue weighted by atomic mass is 19.1. The van der Waals surface area contributed by atoms with Crippen LogP contribution in [0, 0.1) is 19.7 Å². The zero-order valence-electron chi connectivity index (χ0n) is 14.9. The van der Waals surface area contributed by atoms with Crippen LogP contribution in [0.25, 0.3) is 0 Å². The van der Waals surface area contributed by atoms with Gasteiger partial charge in [0.25, 0.3) is 11.8 Å².